The van der Waals surface area contributed by atoms with E-state index in [0.29, 0.717) is 25.9 Å². The Labute approximate surface area is 180 Å². The second kappa shape index (κ2) is 8.50. The minimum absolute atomic E-state index is 0.162. The molecule has 8 heteroatoms. The first-order valence-electron chi connectivity index (χ1n) is 10.1. The number of rotatable bonds is 2. The SMILES string of the molecule is CNC(=O)C#Cc1ccc2c(c1)[C@@H](N[S@+]([O-])C(C)(C)C)C1(CCN(C(=O)O)CC1)C2. The van der Waals surface area contributed by atoms with E-state index in [1.807, 2.05) is 39.0 Å². The highest BCUT2D eigenvalue weighted by molar-refractivity contribution is 7.90. The zero-order valence-electron chi connectivity index (χ0n) is 17.9. The highest BCUT2D eigenvalue weighted by Gasteiger charge is 2.50. The lowest BCUT2D eigenvalue weighted by Crippen LogP contribution is -2.50. The van der Waals surface area contributed by atoms with Crippen LogP contribution in [0.15, 0.2) is 18.2 Å². The van der Waals surface area contributed by atoms with Crippen molar-refractivity contribution in [3.63, 3.8) is 0 Å². The van der Waals surface area contributed by atoms with E-state index in [2.05, 4.69) is 21.9 Å². The molecule has 1 aliphatic carbocycles. The van der Waals surface area contributed by atoms with Crippen LogP contribution in [0.2, 0.25) is 0 Å². The number of nitrogens with one attached hydrogen (secondary N) is 2. The maximum Gasteiger partial charge on any atom is 0.407 e. The van der Waals surface area contributed by atoms with Crippen molar-refractivity contribution in [1.82, 2.24) is 14.9 Å². The van der Waals surface area contributed by atoms with Gasteiger partial charge in [-0.2, -0.15) is 0 Å². The maximum absolute atomic E-state index is 13.0. The van der Waals surface area contributed by atoms with Gasteiger partial charge in [0, 0.05) is 48.4 Å². The molecule has 0 unspecified atom stereocenters. The summed E-state index contributed by atoms with van der Waals surface area (Å²) in [7, 11) is 1.54. The van der Waals surface area contributed by atoms with E-state index in [1.54, 1.807) is 0 Å². The molecule has 1 aromatic rings. The molecule has 0 bridgehead atoms. The summed E-state index contributed by atoms with van der Waals surface area (Å²) < 4.78 is 15.9. The van der Waals surface area contributed by atoms with E-state index in [9.17, 15) is 19.2 Å². The van der Waals surface area contributed by atoms with E-state index >= 15 is 0 Å². The summed E-state index contributed by atoms with van der Waals surface area (Å²) in [5, 5.41) is 11.8. The maximum atomic E-state index is 13.0. The number of piperidine rings is 1. The predicted molar refractivity (Wildman–Crippen MR) is 116 cm³/mol. The molecule has 2 atom stereocenters. The normalized spacial score (nSPS) is 20.8. The summed E-state index contributed by atoms with van der Waals surface area (Å²) in [6.07, 6.45) is 1.31. The van der Waals surface area contributed by atoms with E-state index in [-0.39, 0.29) is 17.4 Å². The van der Waals surface area contributed by atoms with Crippen LogP contribution < -0.4 is 10.0 Å². The lowest BCUT2D eigenvalue weighted by Gasteiger charge is -2.43. The third kappa shape index (κ3) is 4.59. The lowest BCUT2D eigenvalue weighted by atomic mass is 9.73. The van der Waals surface area contributed by atoms with Crippen LogP contribution in [0, 0.1) is 17.3 Å². The molecule has 3 N–H and O–H groups in total. The smallest absolute Gasteiger partial charge is 0.407 e. The van der Waals surface area contributed by atoms with Gasteiger partial charge in [-0.1, -0.05) is 12.0 Å². The molecule has 2 aliphatic rings. The molecule has 162 valence electrons. The van der Waals surface area contributed by atoms with Gasteiger partial charge >= 0.3 is 6.09 Å². The molecular formula is C22H29N3O4S. The molecule has 7 nitrogen and oxygen atoms in total. The summed E-state index contributed by atoms with van der Waals surface area (Å²) in [6, 6.07) is 5.74. The average Bonchev–Trinajstić information content (AvgIpc) is 2.98. The summed E-state index contributed by atoms with van der Waals surface area (Å²) >= 11 is -1.28. The topological polar surface area (TPSA) is 105 Å². The molecule has 1 aromatic carbocycles. The second-order valence-corrected chi connectivity index (χ2v) is 11.0. The number of nitrogens with zero attached hydrogens (tertiary/aromatic N) is 1. The van der Waals surface area contributed by atoms with Crippen LogP contribution in [0.25, 0.3) is 0 Å². The Kier molecular flexibility index (Phi) is 6.37. The largest absolute Gasteiger partial charge is 0.598 e. The fourth-order valence-electron chi connectivity index (χ4n) is 4.19. The zero-order chi connectivity index (χ0) is 22.1. The van der Waals surface area contributed by atoms with Gasteiger partial charge in [0.1, 0.15) is 4.75 Å². The van der Waals surface area contributed by atoms with E-state index in [4.69, 9.17) is 0 Å². The molecule has 1 aliphatic heterocycles. The number of amides is 2. The van der Waals surface area contributed by atoms with Gasteiger partial charge in [0.05, 0.1) is 6.04 Å². The van der Waals surface area contributed by atoms with Gasteiger partial charge in [-0.05, 0) is 63.3 Å². The summed E-state index contributed by atoms with van der Waals surface area (Å²) in [6.45, 7) is 6.71. The Bertz CT molecular complexity index is 892. The Morgan fingerprint density at radius 2 is 1.97 bits per heavy atom. The standard InChI is InChI=1S/C22H29N3O4S/c1-21(2,3)30(29)24-19-17-13-15(6-8-18(26)23-4)5-7-16(17)14-22(19)9-11-25(12-10-22)20(27)28/h5,7,13,19,24H,9-12,14H2,1-4H3,(H,23,26)(H,27,28)/t19-,30-/m1/s1. The Balaban J connectivity index is 1.95. The first-order valence-corrected chi connectivity index (χ1v) is 11.2. The van der Waals surface area contributed by atoms with Gasteiger partial charge in [0.2, 0.25) is 0 Å². The monoisotopic (exact) mass is 431 g/mol. The summed E-state index contributed by atoms with van der Waals surface area (Å²) in [5.41, 5.74) is 2.74. The summed E-state index contributed by atoms with van der Waals surface area (Å²) in [4.78, 5) is 24.3. The molecule has 3 rings (SSSR count). The van der Waals surface area contributed by atoms with E-state index < -0.39 is 22.2 Å². The fraction of sp³-hybridized carbons (Fsp3) is 0.545. The average molecular weight is 432 g/mol. The van der Waals surface area contributed by atoms with E-state index in [0.717, 1.165) is 23.1 Å². The molecule has 1 heterocycles. The summed E-state index contributed by atoms with van der Waals surface area (Å²) in [5.74, 6) is 5.10. The number of carboxylic acid groups (broad SMARTS) is 1. The van der Waals surface area contributed by atoms with Crippen LogP contribution in [0.3, 0.4) is 0 Å². The molecule has 30 heavy (non-hydrogen) atoms. The third-order valence-corrected chi connectivity index (χ3v) is 7.53. The molecule has 1 fully saturated rings. The number of likely N-dealkylation sites (tertiary alicyclic amines) is 1. The van der Waals surface area contributed by atoms with Crippen LogP contribution in [0.4, 0.5) is 4.79 Å². The quantitative estimate of drug-likeness (QED) is 0.492. The lowest BCUT2D eigenvalue weighted by molar-refractivity contribution is -0.115. The van der Waals surface area contributed by atoms with Crippen molar-refractivity contribution in [2.75, 3.05) is 20.1 Å². The molecular weight excluding hydrogens is 402 g/mol. The number of benzene rings is 1. The fourth-order valence-corrected chi connectivity index (χ4v) is 5.13. The van der Waals surface area contributed by atoms with Gasteiger partial charge in [-0.15, -0.1) is 4.72 Å². The minimum atomic E-state index is -1.28. The van der Waals surface area contributed by atoms with Crippen molar-refractivity contribution in [3.05, 3.63) is 34.9 Å². The van der Waals surface area contributed by atoms with E-state index in [1.165, 1.54) is 11.9 Å². The number of carbonyl (C=O) groups excluding carboxylic acids is 1. The molecule has 0 aromatic heterocycles. The van der Waals surface area contributed by atoms with Gasteiger partial charge < -0.3 is 19.9 Å². The van der Waals surface area contributed by atoms with Gasteiger partial charge in [-0.3, -0.25) is 4.79 Å². The molecule has 1 spiro atoms. The number of hydrogen-bond donors (Lipinski definition) is 3. The Morgan fingerprint density at radius 1 is 1.30 bits per heavy atom. The predicted octanol–water partition coefficient (Wildman–Crippen LogP) is 2.19. The highest BCUT2D eigenvalue weighted by Crippen LogP contribution is 2.52. The first kappa shape index (κ1) is 22.5. The van der Waals surface area contributed by atoms with Crippen LogP contribution >= 0.6 is 0 Å². The van der Waals surface area contributed by atoms with Crippen LogP contribution in [-0.2, 0) is 22.6 Å². The van der Waals surface area contributed by atoms with Gasteiger partial charge in [0.15, 0.2) is 0 Å². The van der Waals surface area contributed by atoms with Crippen molar-refractivity contribution in [3.8, 4) is 11.8 Å². The highest BCUT2D eigenvalue weighted by atomic mass is 32.2. The van der Waals surface area contributed by atoms with Crippen molar-refractivity contribution in [2.24, 2.45) is 5.41 Å². The second-order valence-electron chi connectivity index (χ2n) is 8.98. The van der Waals surface area contributed by atoms with Crippen LogP contribution in [-0.4, -0.2) is 51.4 Å². The molecule has 0 radical (unpaired) electrons. The Morgan fingerprint density at radius 3 is 2.53 bits per heavy atom. The third-order valence-electron chi connectivity index (χ3n) is 5.97. The zero-order valence-corrected chi connectivity index (χ0v) is 18.7. The molecule has 1 saturated heterocycles. The van der Waals surface area contributed by atoms with Crippen molar-refractivity contribution in [2.45, 2.75) is 50.8 Å². The van der Waals surface area contributed by atoms with Crippen molar-refractivity contribution < 1.29 is 19.2 Å². The Hall–Kier alpha value is -2.21. The van der Waals surface area contributed by atoms with Gasteiger partial charge in [0.25, 0.3) is 5.91 Å². The van der Waals surface area contributed by atoms with Gasteiger partial charge in [-0.25, -0.2) is 4.79 Å². The van der Waals surface area contributed by atoms with Crippen LogP contribution in [0.1, 0.15) is 56.3 Å². The minimum Gasteiger partial charge on any atom is -0.598 e. The number of fused-ring (bicyclic) bond motifs is 1. The molecule has 2 amide bonds. The van der Waals surface area contributed by atoms with Crippen molar-refractivity contribution in [1.29, 1.82) is 0 Å². The number of carbonyl (C=O) groups is 2. The molecule has 0 saturated carbocycles. The number of hydrogen-bond acceptors (Lipinski definition) is 4. The first-order chi connectivity index (χ1) is 14.1. The van der Waals surface area contributed by atoms with Crippen LogP contribution in [0.5, 0.6) is 0 Å². The van der Waals surface area contributed by atoms with Crippen molar-refractivity contribution >= 4 is 23.4 Å².